The third-order valence-corrected chi connectivity index (χ3v) is 6.89. The van der Waals surface area contributed by atoms with E-state index < -0.39 is 0 Å². The molecule has 1 aliphatic heterocycles. The quantitative estimate of drug-likeness (QED) is 0.349. The number of hydrogen-bond acceptors (Lipinski definition) is 7. The van der Waals surface area contributed by atoms with Gasteiger partial charge in [0, 0.05) is 36.2 Å². The highest BCUT2D eigenvalue weighted by Crippen LogP contribution is 2.27. The van der Waals surface area contributed by atoms with Crippen molar-refractivity contribution in [3.8, 4) is 5.75 Å². The van der Waals surface area contributed by atoms with Crippen LogP contribution >= 0.6 is 0 Å². The van der Waals surface area contributed by atoms with Crippen molar-refractivity contribution in [2.45, 2.75) is 51.4 Å². The predicted molar refractivity (Wildman–Crippen MR) is 137 cm³/mol. The topological polar surface area (TPSA) is 98.2 Å². The first-order valence-electron chi connectivity index (χ1n) is 12.6. The summed E-state index contributed by atoms with van der Waals surface area (Å²) in [5.74, 6) is 1.14. The number of pyridine rings is 1. The predicted octanol–water partition coefficient (Wildman–Crippen LogP) is 3.84. The molecule has 3 heterocycles. The van der Waals surface area contributed by atoms with Crippen molar-refractivity contribution in [3.05, 3.63) is 81.7 Å². The van der Waals surface area contributed by atoms with Crippen LogP contribution in [0.1, 0.15) is 49.2 Å². The monoisotopic (exact) mass is 506 g/mol. The lowest BCUT2D eigenvalue weighted by molar-refractivity contribution is 0.0489. The van der Waals surface area contributed by atoms with Crippen LogP contribution in [0.2, 0.25) is 0 Å². The number of H-pyrrole nitrogens is 1. The van der Waals surface area contributed by atoms with Crippen LogP contribution in [0.5, 0.6) is 5.75 Å². The third-order valence-electron chi connectivity index (χ3n) is 6.89. The van der Waals surface area contributed by atoms with Gasteiger partial charge in [-0.15, -0.1) is 5.10 Å². The van der Waals surface area contributed by atoms with E-state index in [1.54, 1.807) is 23.9 Å². The number of nitrogens with one attached hydrogen (secondary N) is 1. The first-order valence-corrected chi connectivity index (χ1v) is 12.6. The molecule has 4 aromatic rings. The minimum Gasteiger partial charge on any atom is -0.497 e. The zero-order valence-electron chi connectivity index (χ0n) is 21.1. The van der Waals surface area contributed by atoms with Gasteiger partial charge in [0.2, 0.25) is 0 Å². The highest BCUT2D eigenvalue weighted by molar-refractivity contribution is 5.80. The van der Waals surface area contributed by atoms with Crippen LogP contribution in [0, 0.1) is 5.82 Å². The molecule has 2 aromatic carbocycles. The van der Waals surface area contributed by atoms with Gasteiger partial charge in [-0.3, -0.25) is 9.69 Å². The summed E-state index contributed by atoms with van der Waals surface area (Å²) in [5, 5.41) is 13.5. The Morgan fingerprint density at radius 2 is 2.08 bits per heavy atom. The fourth-order valence-corrected chi connectivity index (χ4v) is 4.97. The second-order valence-electron chi connectivity index (χ2n) is 9.39. The van der Waals surface area contributed by atoms with Crippen molar-refractivity contribution in [1.29, 1.82) is 0 Å². The van der Waals surface area contributed by atoms with E-state index in [4.69, 9.17) is 9.47 Å². The average Bonchev–Trinajstić information content (AvgIpc) is 3.58. The Morgan fingerprint density at radius 3 is 2.81 bits per heavy atom. The fourth-order valence-electron chi connectivity index (χ4n) is 4.97. The van der Waals surface area contributed by atoms with Crippen LogP contribution in [-0.4, -0.2) is 56.5 Å². The normalized spacial score (nSPS) is 16.5. The van der Waals surface area contributed by atoms with Crippen LogP contribution < -0.4 is 10.3 Å². The molecular weight excluding hydrogens is 475 g/mol. The van der Waals surface area contributed by atoms with Crippen molar-refractivity contribution < 1.29 is 13.9 Å². The van der Waals surface area contributed by atoms with E-state index in [0.717, 1.165) is 48.1 Å². The summed E-state index contributed by atoms with van der Waals surface area (Å²) in [4.78, 5) is 18.3. The highest BCUT2D eigenvalue weighted by Gasteiger charge is 2.29. The maximum absolute atomic E-state index is 13.4. The van der Waals surface area contributed by atoms with Crippen LogP contribution in [0.3, 0.4) is 0 Å². The van der Waals surface area contributed by atoms with Gasteiger partial charge in [0.15, 0.2) is 5.82 Å². The summed E-state index contributed by atoms with van der Waals surface area (Å²) in [6.45, 7) is 4.30. The van der Waals surface area contributed by atoms with Gasteiger partial charge in [-0.2, -0.15) is 0 Å². The Balaban J connectivity index is 1.47. The highest BCUT2D eigenvalue weighted by atomic mass is 19.1. The Kier molecular flexibility index (Phi) is 7.57. The van der Waals surface area contributed by atoms with E-state index in [1.807, 2.05) is 24.3 Å². The fraction of sp³-hybridized carbons (Fsp3) is 0.407. The van der Waals surface area contributed by atoms with Crippen molar-refractivity contribution in [2.24, 2.45) is 0 Å². The molecule has 0 unspecified atom stereocenters. The van der Waals surface area contributed by atoms with E-state index >= 15 is 0 Å². The Morgan fingerprint density at radius 1 is 1.24 bits per heavy atom. The molecule has 0 amide bonds. The smallest absolute Gasteiger partial charge is 0.252 e. The lowest BCUT2D eigenvalue weighted by Crippen LogP contribution is -2.37. The molecule has 0 saturated carbocycles. The summed E-state index contributed by atoms with van der Waals surface area (Å²) >= 11 is 0. The average molecular weight is 507 g/mol. The third kappa shape index (κ3) is 5.70. The van der Waals surface area contributed by atoms with Gasteiger partial charge in [0.1, 0.15) is 11.6 Å². The zero-order chi connectivity index (χ0) is 25.8. The number of aromatic nitrogens is 5. The van der Waals surface area contributed by atoms with Gasteiger partial charge in [-0.25, -0.2) is 9.07 Å². The number of ether oxygens (including phenoxy) is 2. The molecule has 194 valence electrons. The van der Waals surface area contributed by atoms with E-state index in [9.17, 15) is 9.18 Å². The molecule has 37 heavy (non-hydrogen) atoms. The van der Waals surface area contributed by atoms with Crippen molar-refractivity contribution in [3.63, 3.8) is 0 Å². The van der Waals surface area contributed by atoms with Gasteiger partial charge < -0.3 is 14.5 Å². The van der Waals surface area contributed by atoms with Crippen LogP contribution in [0.4, 0.5) is 4.39 Å². The minimum absolute atomic E-state index is 0.0788. The number of halogens is 1. The van der Waals surface area contributed by atoms with Gasteiger partial charge >= 0.3 is 0 Å². The molecule has 0 radical (unpaired) electrons. The zero-order valence-corrected chi connectivity index (χ0v) is 21.1. The number of rotatable bonds is 10. The molecular formula is C27H31FN6O3. The maximum atomic E-state index is 13.4. The molecule has 9 nitrogen and oxygen atoms in total. The number of hydrogen-bond donors (Lipinski definition) is 1. The number of methoxy groups -OCH3 is 1. The summed E-state index contributed by atoms with van der Waals surface area (Å²) in [5.41, 5.74) is 2.18. The van der Waals surface area contributed by atoms with Gasteiger partial charge in [0.25, 0.3) is 5.56 Å². The summed E-state index contributed by atoms with van der Waals surface area (Å²) in [6, 6.07) is 13.7. The maximum Gasteiger partial charge on any atom is 0.252 e. The van der Waals surface area contributed by atoms with E-state index in [0.29, 0.717) is 31.0 Å². The Hall–Kier alpha value is -3.63. The van der Waals surface area contributed by atoms with Gasteiger partial charge in [-0.1, -0.05) is 19.1 Å². The van der Waals surface area contributed by atoms with Gasteiger partial charge in [0.05, 0.1) is 25.8 Å². The number of fused-ring (bicyclic) bond motifs is 1. The second kappa shape index (κ2) is 11.2. The molecule has 5 rings (SSSR count). The Labute approximate surface area is 214 Å². The van der Waals surface area contributed by atoms with Gasteiger partial charge in [-0.05, 0) is 71.7 Å². The lowest BCUT2D eigenvalue weighted by atomic mass is 10.1. The number of benzene rings is 2. The summed E-state index contributed by atoms with van der Waals surface area (Å²) in [7, 11) is 1.62. The SMILES string of the molecule is CC[C@H](c1nnnn1Cc1ccc(F)cc1)N(Cc1cc2cc(OC)ccc2[nH]c1=O)C[C@H]1CCCO1. The number of tetrazole rings is 1. The van der Waals surface area contributed by atoms with E-state index in [2.05, 4.69) is 32.3 Å². The first-order chi connectivity index (χ1) is 18.0. The molecule has 0 spiro atoms. The molecule has 2 atom stereocenters. The Bertz CT molecular complexity index is 1400. The molecule has 1 fully saturated rings. The standard InChI is InChI=1S/C27H31FN6O3/c1-3-25(26-30-31-32-34(26)15-18-6-8-21(28)9-7-18)33(17-23-5-4-12-37-23)16-20-13-19-14-22(36-2)10-11-24(19)29-27(20)35/h6-11,13-14,23,25H,3-5,12,15-17H2,1-2H3,(H,29,35)/t23-,25-/m1/s1. The number of aromatic amines is 1. The summed E-state index contributed by atoms with van der Waals surface area (Å²) < 4.78 is 26.5. The first kappa shape index (κ1) is 25.0. The molecule has 0 aliphatic carbocycles. The molecule has 0 bridgehead atoms. The molecule has 10 heteroatoms. The van der Waals surface area contributed by atoms with Crippen molar-refractivity contribution in [2.75, 3.05) is 20.3 Å². The largest absolute Gasteiger partial charge is 0.497 e. The molecule has 1 aliphatic rings. The molecule has 1 N–H and O–H groups in total. The van der Waals surface area contributed by atoms with Crippen LogP contribution in [0.25, 0.3) is 10.9 Å². The van der Waals surface area contributed by atoms with Crippen molar-refractivity contribution >= 4 is 10.9 Å². The molecule has 2 aromatic heterocycles. The van der Waals surface area contributed by atoms with Crippen LogP contribution in [-0.2, 0) is 17.8 Å². The molecule has 1 saturated heterocycles. The minimum atomic E-state index is -0.284. The van der Waals surface area contributed by atoms with E-state index in [1.165, 1.54) is 12.1 Å². The summed E-state index contributed by atoms with van der Waals surface area (Å²) in [6.07, 6.45) is 2.80. The van der Waals surface area contributed by atoms with E-state index in [-0.39, 0.29) is 23.5 Å². The number of nitrogens with zero attached hydrogens (tertiary/aromatic N) is 5. The lowest BCUT2D eigenvalue weighted by Gasteiger charge is -2.32. The van der Waals surface area contributed by atoms with Crippen molar-refractivity contribution in [1.82, 2.24) is 30.1 Å². The van der Waals surface area contributed by atoms with Crippen LogP contribution in [0.15, 0.2) is 53.3 Å². The second-order valence-corrected chi connectivity index (χ2v) is 9.39.